The average molecular weight is 313 g/mol. The molecular weight excluding hydrogens is 295 g/mol. The predicted octanol–water partition coefficient (Wildman–Crippen LogP) is 2.57. The van der Waals surface area contributed by atoms with E-state index in [1.54, 1.807) is 0 Å². The second kappa shape index (κ2) is 6.99. The van der Waals surface area contributed by atoms with E-state index >= 15 is 0 Å². The number of ether oxygens (including phenoxy) is 1. The van der Waals surface area contributed by atoms with E-state index in [-0.39, 0.29) is 18.2 Å². The lowest BCUT2D eigenvalue weighted by molar-refractivity contribution is -0.137. The molecule has 0 unspecified atom stereocenters. The standard InChI is InChI=1S/C15H18F3N3O/c1-22-14-10-11(15(16,17)18)2-3-12(14)13(4-5-19)21-8-6-20-7-9-21/h2-3,10,13,20H,4,6-9H2,1H3/t13-/m1/s1. The minimum absolute atomic E-state index is 0.175. The summed E-state index contributed by atoms with van der Waals surface area (Å²) in [5.41, 5.74) is -0.122. The molecule has 0 radical (unpaired) electrons. The summed E-state index contributed by atoms with van der Waals surface area (Å²) in [6.45, 7) is 3.09. The third-order valence-electron chi connectivity index (χ3n) is 3.80. The second-order valence-electron chi connectivity index (χ2n) is 5.12. The van der Waals surface area contributed by atoms with Crippen LogP contribution in [0, 0.1) is 11.3 Å². The molecule has 0 aromatic heterocycles. The van der Waals surface area contributed by atoms with Gasteiger partial charge in [-0.05, 0) is 12.1 Å². The Hall–Kier alpha value is -1.78. The molecule has 0 saturated carbocycles. The lowest BCUT2D eigenvalue weighted by Crippen LogP contribution is -2.45. The lowest BCUT2D eigenvalue weighted by Gasteiger charge is -2.34. The number of benzene rings is 1. The van der Waals surface area contributed by atoms with Crippen LogP contribution in [0.4, 0.5) is 13.2 Å². The largest absolute Gasteiger partial charge is 0.496 e. The molecule has 0 amide bonds. The highest BCUT2D eigenvalue weighted by atomic mass is 19.4. The molecule has 22 heavy (non-hydrogen) atoms. The Labute approximate surface area is 127 Å². The maximum Gasteiger partial charge on any atom is 0.416 e. The van der Waals surface area contributed by atoms with E-state index in [0.717, 1.165) is 38.3 Å². The highest BCUT2D eigenvalue weighted by Gasteiger charge is 2.32. The first-order chi connectivity index (χ1) is 10.5. The van der Waals surface area contributed by atoms with E-state index in [0.29, 0.717) is 5.56 Å². The Morgan fingerprint density at radius 2 is 2.05 bits per heavy atom. The molecule has 1 N–H and O–H groups in total. The Kier molecular flexibility index (Phi) is 5.27. The van der Waals surface area contributed by atoms with Gasteiger partial charge < -0.3 is 10.1 Å². The van der Waals surface area contributed by atoms with Crippen LogP contribution >= 0.6 is 0 Å². The van der Waals surface area contributed by atoms with Crippen LogP contribution in [-0.2, 0) is 6.18 Å². The summed E-state index contributed by atoms with van der Waals surface area (Å²) in [6.07, 6.45) is -4.20. The molecule has 1 aliphatic heterocycles. The second-order valence-corrected chi connectivity index (χ2v) is 5.12. The highest BCUT2D eigenvalue weighted by molar-refractivity contribution is 5.41. The van der Waals surface area contributed by atoms with Gasteiger partial charge in [-0.1, -0.05) is 6.07 Å². The first-order valence-corrected chi connectivity index (χ1v) is 7.04. The quantitative estimate of drug-likeness (QED) is 0.928. The molecule has 1 aromatic carbocycles. The number of methoxy groups -OCH3 is 1. The van der Waals surface area contributed by atoms with Crippen LogP contribution in [0.1, 0.15) is 23.6 Å². The topological polar surface area (TPSA) is 48.3 Å². The van der Waals surface area contributed by atoms with Gasteiger partial charge in [0.2, 0.25) is 0 Å². The van der Waals surface area contributed by atoms with Gasteiger partial charge >= 0.3 is 6.18 Å². The number of halogens is 3. The SMILES string of the molecule is COc1cc(C(F)(F)F)ccc1[C@@H](CC#N)N1CCNCC1. The number of nitriles is 1. The van der Waals surface area contributed by atoms with Gasteiger partial charge in [-0.3, -0.25) is 4.90 Å². The number of piperazine rings is 1. The number of hydrogen-bond acceptors (Lipinski definition) is 4. The van der Waals surface area contributed by atoms with Crippen LogP contribution in [-0.4, -0.2) is 38.2 Å². The first-order valence-electron chi connectivity index (χ1n) is 7.04. The van der Waals surface area contributed by atoms with Crippen molar-refractivity contribution in [1.29, 1.82) is 5.26 Å². The zero-order valence-electron chi connectivity index (χ0n) is 12.3. The molecule has 1 atom stereocenters. The molecular formula is C15H18F3N3O. The van der Waals surface area contributed by atoms with E-state index in [2.05, 4.69) is 16.3 Å². The fraction of sp³-hybridized carbons (Fsp3) is 0.533. The van der Waals surface area contributed by atoms with Crippen LogP contribution in [0.15, 0.2) is 18.2 Å². The smallest absolute Gasteiger partial charge is 0.416 e. The molecule has 1 heterocycles. The van der Waals surface area contributed by atoms with Crippen molar-refractivity contribution in [2.75, 3.05) is 33.3 Å². The van der Waals surface area contributed by atoms with Crippen molar-refractivity contribution in [3.8, 4) is 11.8 Å². The number of nitrogens with zero attached hydrogens (tertiary/aromatic N) is 2. The Morgan fingerprint density at radius 3 is 2.59 bits per heavy atom. The zero-order chi connectivity index (χ0) is 16.2. The maximum absolute atomic E-state index is 12.8. The Morgan fingerprint density at radius 1 is 1.36 bits per heavy atom. The van der Waals surface area contributed by atoms with Gasteiger partial charge in [0.1, 0.15) is 5.75 Å². The van der Waals surface area contributed by atoms with Gasteiger partial charge in [-0.2, -0.15) is 18.4 Å². The first kappa shape index (κ1) is 16.6. The van der Waals surface area contributed by atoms with Crippen molar-refractivity contribution in [2.45, 2.75) is 18.6 Å². The summed E-state index contributed by atoms with van der Waals surface area (Å²) in [5.74, 6) is 0.175. The Balaban J connectivity index is 2.36. The van der Waals surface area contributed by atoms with Gasteiger partial charge in [0.05, 0.1) is 31.2 Å². The number of hydrogen-bond donors (Lipinski definition) is 1. The molecule has 0 aliphatic carbocycles. The maximum atomic E-state index is 12.8. The van der Waals surface area contributed by atoms with Crippen molar-refractivity contribution >= 4 is 0 Å². The minimum Gasteiger partial charge on any atom is -0.496 e. The van der Waals surface area contributed by atoms with Crippen LogP contribution in [0.3, 0.4) is 0 Å². The molecule has 1 saturated heterocycles. The van der Waals surface area contributed by atoms with Crippen molar-refractivity contribution in [2.24, 2.45) is 0 Å². The van der Waals surface area contributed by atoms with E-state index in [9.17, 15) is 13.2 Å². The molecule has 4 nitrogen and oxygen atoms in total. The van der Waals surface area contributed by atoms with Gasteiger partial charge in [-0.25, -0.2) is 0 Å². The summed E-state index contributed by atoms with van der Waals surface area (Å²) in [4.78, 5) is 2.10. The van der Waals surface area contributed by atoms with Crippen LogP contribution in [0.5, 0.6) is 5.75 Å². The lowest BCUT2D eigenvalue weighted by atomic mass is 9.98. The van der Waals surface area contributed by atoms with Crippen molar-refractivity contribution < 1.29 is 17.9 Å². The number of nitrogens with one attached hydrogen (secondary N) is 1. The van der Waals surface area contributed by atoms with E-state index in [4.69, 9.17) is 10.00 Å². The van der Waals surface area contributed by atoms with E-state index < -0.39 is 11.7 Å². The zero-order valence-corrected chi connectivity index (χ0v) is 12.3. The predicted molar refractivity (Wildman–Crippen MR) is 75.4 cm³/mol. The minimum atomic E-state index is -4.41. The van der Waals surface area contributed by atoms with Crippen molar-refractivity contribution in [1.82, 2.24) is 10.2 Å². The van der Waals surface area contributed by atoms with Crippen molar-refractivity contribution in [3.63, 3.8) is 0 Å². The highest BCUT2D eigenvalue weighted by Crippen LogP contribution is 2.37. The van der Waals surface area contributed by atoms with Gasteiger partial charge in [0, 0.05) is 31.7 Å². The molecule has 0 bridgehead atoms. The Bertz CT molecular complexity index is 548. The summed E-state index contributed by atoms with van der Waals surface area (Å²) in [5, 5.41) is 12.3. The normalized spacial score (nSPS) is 17.8. The molecule has 7 heteroatoms. The summed E-state index contributed by atoms with van der Waals surface area (Å²) in [6, 6.07) is 5.33. The molecule has 1 fully saturated rings. The molecule has 0 spiro atoms. The van der Waals surface area contributed by atoms with Gasteiger partial charge in [-0.15, -0.1) is 0 Å². The number of rotatable bonds is 4. The monoisotopic (exact) mass is 313 g/mol. The van der Waals surface area contributed by atoms with E-state index in [1.165, 1.54) is 13.2 Å². The summed E-state index contributed by atoms with van der Waals surface area (Å²) < 4.78 is 43.6. The van der Waals surface area contributed by atoms with Gasteiger partial charge in [0.15, 0.2) is 0 Å². The summed E-state index contributed by atoms with van der Waals surface area (Å²) in [7, 11) is 1.35. The molecule has 2 rings (SSSR count). The number of alkyl halides is 3. The molecule has 1 aliphatic rings. The third-order valence-corrected chi connectivity index (χ3v) is 3.80. The molecule has 120 valence electrons. The van der Waals surface area contributed by atoms with Gasteiger partial charge in [0.25, 0.3) is 0 Å². The van der Waals surface area contributed by atoms with E-state index in [1.807, 2.05) is 0 Å². The van der Waals surface area contributed by atoms with Crippen LogP contribution in [0.2, 0.25) is 0 Å². The fourth-order valence-electron chi connectivity index (χ4n) is 2.68. The van der Waals surface area contributed by atoms with Crippen LogP contribution in [0.25, 0.3) is 0 Å². The average Bonchev–Trinajstić information content (AvgIpc) is 2.52. The fourth-order valence-corrected chi connectivity index (χ4v) is 2.68. The third kappa shape index (κ3) is 3.70. The van der Waals surface area contributed by atoms with Crippen molar-refractivity contribution in [3.05, 3.63) is 29.3 Å². The summed E-state index contributed by atoms with van der Waals surface area (Å²) >= 11 is 0. The molecule has 1 aromatic rings. The van der Waals surface area contributed by atoms with Crippen LogP contribution < -0.4 is 10.1 Å².